The van der Waals surface area contributed by atoms with Gasteiger partial charge >= 0.3 is 0 Å². The highest BCUT2D eigenvalue weighted by atomic mass is 31.0. The van der Waals surface area contributed by atoms with Crippen molar-refractivity contribution in [3.8, 4) is 5.75 Å². The van der Waals surface area contributed by atoms with Gasteiger partial charge < -0.3 is 21.2 Å². The van der Waals surface area contributed by atoms with E-state index >= 15 is 0 Å². The topological polar surface area (TPSA) is 61.8 Å². The Kier molecular flexibility index (Phi) is 6.82. The van der Waals surface area contributed by atoms with Crippen molar-refractivity contribution in [2.45, 2.75) is 40.0 Å². The largest absolute Gasteiger partial charge is 1.51 e. The number of aromatic nitrogens is 3. The Morgan fingerprint density at radius 3 is 2.52 bits per heavy atom. The van der Waals surface area contributed by atoms with Gasteiger partial charge in [-0.05, 0) is 55.9 Å². The van der Waals surface area contributed by atoms with Crippen LogP contribution in [-0.2, 0) is 12.8 Å². The predicted octanol–water partition coefficient (Wildman–Crippen LogP) is 5.05. The minimum atomic E-state index is -0.306. The summed E-state index contributed by atoms with van der Waals surface area (Å²) in [5.74, 6) is 0.424. The Labute approximate surface area is 150 Å². The lowest BCUT2D eigenvalue weighted by Gasteiger charge is -2.16. The second-order valence-corrected chi connectivity index (χ2v) is 5.55. The molecule has 2 N–H and O–H groups in total. The summed E-state index contributed by atoms with van der Waals surface area (Å²) in [4.78, 5) is 10.6. The second kappa shape index (κ2) is 8.86. The molecule has 0 bridgehead atoms. The molecule has 1 aromatic carbocycles. The number of rotatable bonds is 0. The van der Waals surface area contributed by atoms with E-state index in [1.807, 2.05) is 0 Å². The van der Waals surface area contributed by atoms with E-state index < -0.39 is 0 Å². The van der Waals surface area contributed by atoms with Gasteiger partial charge in [0, 0.05) is 12.4 Å². The molecule has 136 valence electrons. The van der Waals surface area contributed by atoms with E-state index in [2.05, 4.69) is 24.8 Å². The quantitative estimate of drug-likeness (QED) is 0.547. The molecule has 0 unspecified atom stereocenters. The number of hydrogen-bond donors (Lipinski definition) is 2. The molecule has 1 aliphatic rings. The van der Waals surface area contributed by atoms with Crippen LogP contribution in [0.5, 0.6) is 5.75 Å². The van der Waals surface area contributed by atoms with Crippen LogP contribution >= 0.6 is 9.84 Å². The number of aryl methyl sites for hydroxylation is 1. The van der Waals surface area contributed by atoms with Crippen molar-refractivity contribution in [1.29, 1.82) is 1.28 Å². The van der Waals surface area contributed by atoms with Gasteiger partial charge in [-0.3, -0.25) is 0 Å². The number of nitrogens with zero attached hydrogens (tertiary/aromatic N) is 2. The average Bonchev–Trinajstić information content (AvgIpc) is 3.01. The fourth-order valence-electron chi connectivity index (χ4n) is 2.77. The summed E-state index contributed by atoms with van der Waals surface area (Å²) < 4.78 is 31.4. The van der Waals surface area contributed by atoms with Crippen molar-refractivity contribution in [3.05, 3.63) is 53.1 Å². The molecule has 0 saturated heterocycles. The minimum Gasteiger partial charge on any atom is -1.51 e. The summed E-state index contributed by atoms with van der Waals surface area (Å²) in [6.07, 6.45) is 6.44. The summed E-state index contributed by atoms with van der Waals surface area (Å²) in [5.41, 5.74) is 2.09. The van der Waals surface area contributed by atoms with Crippen LogP contribution in [0.1, 0.15) is 37.2 Å². The van der Waals surface area contributed by atoms with Crippen LogP contribution in [0.2, 0.25) is 0 Å². The maximum Gasteiger partial charge on any atom is 0.151 e. The highest BCUT2D eigenvalue weighted by Gasteiger charge is 2.16. The molecule has 2 aromatic heterocycles. The first kappa shape index (κ1) is 19.3. The molecule has 25 heavy (non-hydrogen) atoms. The molecule has 4 nitrogen and oxygen atoms in total. The van der Waals surface area contributed by atoms with Crippen molar-refractivity contribution in [1.82, 2.24) is 15.0 Å². The van der Waals surface area contributed by atoms with E-state index in [-0.39, 0.29) is 24.8 Å². The van der Waals surface area contributed by atoms with Crippen LogP contribution in [0.15, 0.2) is 24.5 Å². The smallest absolute Gasteiger partial charge is 0.151 e. The van der Waals surface area contributed by atoms with Gasteiger partial charge in [-0.25, -0.2) is 18.7 Å². The first-order chi connectivity index (χ1) is 12.1. The Bertz CT molecular complexity index is 827. The molecule has 0 radical (unpaired) electrons. The molecule has 0 saturated carbocycles. The van der Waals surface area contributed by atoms with Crippen molar-refractivity contribution >= 4 is 20.9 Å². The number of halogens is 2. The third kappa shape index (κ3) is 4.51. The van der Waals surface area contributed by atoms with Crippen molar-refractivity contribution in [2.24, 2.45) is 0 Å². The zero-order chi connectivity index (χ0) is 18.4. The molecular weight excluding hydrogens is 343 g/mol. The van der Waals surface area contributed by atoms with Gasteiger partial charge in [-0.1, -0.05) is 7.43 Å². The Balaban J connectivity index is 0.000000230. The maximum atomic E-state index is 13.1. The fraction of sp³-hybridized carbons (Fsp3) is 0.333. The number of hydrogen-bond acceptors (Lipinski definition) is 3. The molecule has 0 fully saturated rings. The van der Waals surface area contributed by atoms with Crippen molar-refractivity contribution in [3.63, 3.8) is 0 Å². The van der Waals surface area contributed by atoms with Gasteiger partial charge in [-0.15, -0.1) is 0 Å². The first-order valence-corrected chi connectivity index (χ1v) is 7.51. The SMILES string of the molecule is C.Cc1ncc2c(F)c[nH]c2n1.Oc1ccc(F)c2c1CCCC2.[3H][P-2]. The molecule has 4 rings (SSSR count). The monoisotopic (exact) mass is 367 g/mol. The number of benzene rings is 1. The number of phenolic OH excluding ortho intramolecular Hbond substituents is 1. The minimum absolute atomic E-state index is 0. The molecule has 0 amide bonds. The number of fused-ring (bicyclic) bond motifs is 2. The maximum absolute atomic E-state index is 13.1. The summed E-state index contributed by atoms with van der Waals surface area (Å²) >= 11 is 0. The van der Waals surface area contributed by atoms with E-state index in [0.717, 1.165) is 36.8 Å². The van der Waals surface area contributed by atoms with Gasteiger partial charge in [0.05, 0.1) is 5.39 Å². The van der Waals surface area contributed by atoms with Gasteiger partial charge in [0.1, 0.15) is 23.0 Å². The Morgan fingerprint density at radius 1 is 1.16 bits per heavy atom. The van der Waals surface area contributed by atoms with Crippen LogP contribution in [0, 0.1) is 18.6 Å². The standard InChI is InChI=1S/C10H11FO.C7H6FN3.CH4.HP/c11-9-5-6-10(12)8-4-2-1-3-7(8)9;1-4-9-2-5-6(8)3-10-7(5)11-4;;/h5-6,12H,1-4H2;2-3H,1H3,(H,9,10,11);1H4;1H/q;;;-2/i;;;1T. The molecule has 0 spiro atoms. The predicted molar refractivity (Wildman–Crippen MR) is 98.3 cm³/mol. The second-order valence-electron chi connectivity index (χ2n) is 5.55. The number of H-pyrrole nitrogens is 1. The van der Waals surface area contributed by atoms with Gasteiger partial charge in [0.15, 0.2) is 5.82 Å². The van der Waals surface area contributed by atoms with E-state index in [1.165, 1.54) is 24.5 Å². The molecule has 7 heteroatoms. The van der Waals surface area contributed by atoms with Crippen LogP contribution in [0.3, 0.4) is 0 Å². The highest BCUT2D eigenvalue weighted by molar-refractivity contribution is 6.92. The van der Waals surface area contributed by atoms with Gasteiger partial charge in [0.2, 0.25) is 0 Å². The van der Waals surface area contributed by atoms with Crippen LogP contribution in [0.4, 0.5) is 8.78 Å². The van der Waals surface area contributed by atoms with Crippen LogP contribution in [0.25, 0.3) is 11.0 Å². The summed E-state index contributed by atoms with van der Waals surface area (Å²) in [6.45, 7) is 1.76. The lowest BCUT2D eigenvalue weighted by atomic mass is 9.91. The zero-order valence-corrected chi connectivity index (χ0v) is 14.1. The van der Waals surface area contributed by atoms with Crippen molar-refractivity contribution in [2.75, 3.05) is 0 Å². The molecule has 3 aromatic rings. The first-order valence-electron chi connectivity index (χ1n) is 7.96. The third-order valence-corrected chi connectivity index (χ3v) is 3.95. The van der Waals surface area contributed by atoms with E-state index in [1.54, 1.807) is 6.92 Å². The molecule has 2 heterocycles. The molecule has 0 atom stereocenters. The molecular formula is C18H22F2N3OP-2. The summed E-state index contributed by atoms with van der Waals surface area (Å²) in [5, 5.41) is 9.85. The Hall–Kier alpha value is -2.07. The van der Waals surface area contributed by atoms with Crippen LogP contribution < -0.4 is 0 Å². The average molecular weight is 367 g/mol. The number of phenols is 1. The summed E-state index contributed by atoms with van der Waals surface area (Å²) in [6, 6.07) is 2.79. The number of aromatic hydroxyl groups is 1. The number of nitrogens with one attached hydrogen (secondary N) is 1. The van der Waals surface area contributed by atoms with Gasteiger partial charge in [-0.2, -0.15) is 0 Å². The van der Waals surface area contributed by atoms with Gasteiger partial charge in [0.25, 0.3) is 0 Å². The molecule has 1 aliphatic carbocycles. The lowest BCUT2D eigenvalue weighted by Crippen LogP contribution is -2.05. The zero-order valence-electron chi connectivity index (χ0n) is 14.2. The normalized spacial score (nSPS) is 12.6. The van der Waals surface area contributed by atoms with Crippen molar-refractivity contribution < 1.29 is 13.9 Å². The van der Waals surface area contributed by atoms with E-state index in [0.29, 0.717) is 16.9 Å². The highest BCUT2D eigenvalue weighted by Crippen LogP contribution is 2.30. The molecule has 0 aliphatic heterocycles. The van der Waals surface area contributed by atoms with E-state index in [9.17, 15) is 13.9 Å². The van der Waals surface area contributed by atoms with Crippen LogP contribution in [-0.4, -0.2) is 21.3 Å². The summed E-state index contributed by atoms with van der Waals surface area (Å²) in [7, 11) is 2.78. The lowest BCUT2D eigenvalue weighted by molar-refractivity contribution is 0.456. The van der Waals surface area contributed by atoms with E-state index in [4.69, 9.17) is 1.28 Å². The third-order valence-electron chi connectivity index (χ3n) is 3.95. The number of aromatic amines is 1. The Morgan fingerprint density at radius 2 is 1.84 bits per heavy atom. The fourth-order valence-corrected chi connectivity index (χ4v) is 2.77.